The highest BCUT2D eigenvalue weighted by molar-refractivity contribution is 7.99. The summed E-state index contributed by atoms with van der Waals surface area (Å²) < 4.78 is 1.71. The fourth-order valence-corrected chi connectivity index (χ4v) is 2.58. The number of allylic oxidation sites excluding steroid dienone is 1. The van der Waals surface area contributed by atoms with E-state index in [-0.39, 0.29) is 11.7 Å². The van der Waals surface area contributed by atoms with Gasteiger partial charge in [-0.1, -0.05) is 47.7 Å². The summed E-state index contributed by atoms with van der Waals surface area (Å²) in [6, 6.07) is 8.06. The molecule has 0 bridgehead atoms. The van der Waals surface area contributed by atoms with E-state index in [1.165, 1.54) is 17.3 Å². The zero-order valence-corrected chi connectivity index (χ0v) is 13.3. The van der Waals surface area contributed by atoms with Gasteiger partial charge in [0.2, 0.25) is 11.9 Å². The summed E-state index contributed by atoms with van der Waals surface area (Å²) in [7, 11) is 0. The molecule has 0 atom stereocenters. The number of hydrogen-bond donors (Lipinski definition) is 2. The van der Waals surface area contributed by atoms with Crippen molar-refractivity contribution in [2.75, 3.05) is 11.5 Å². The Bertz CT molecular complexity index is 650. The molecule has 7 heteroatoms. The molecular formula is C15H19N5OS. The van der Waals surface area contributed by atoms with E-state index < -0.39 is 0 Å². The van der Waals surface area contributed by atoms with E-state index in [2.05, 4.69) is 22.1 Å². The SMILES string of the molecule is C=CCn1c(N)nnc1SCC(=O)NCc1ccc(C)cc1. The van der Waals surface area contributed by atoms with Crippen LogP contribution in [0.5, 0.6) is 0 Å². The summed E-state index contributed by atoms with van der Waals surface area (Å²) in [5.74, 6) is 0.529. The maximum Gasteiger partial charge on any atom is 0.230 e. The van der Waals surface area contributed by atoms with Crippen LogP contribution < -0.4 is 11.1 Å². The number of nitrogen functional groups attached to an aromatic ring is 1. The van der Waals surface area contributed by atoms with Crippen molar-refractivity contribution in [1.82, 2.24) is 20.1 Å². The summed E-state index contributed by atoms with van der Waals surface area (Å²) in [6.07, 6.45) is 1.71. The Morgan fingerprint density at radius 3 is 2.82 bits per heavy atom. The van der Waals surface area contributed by atoms with Crippen LogP contribution in [0.25, 0.3) is 0 Å². The molecule has 2 rings (SSSR count). The molecule has 0 aliphatic heterocycles. The molecular weight excluding hydrogens is 298 g/mol. The highest BCUT2D eigenvalue weighted by Gasteiger charge is 2.11. The van der Waals surface area contributed by atoms with Crippen LogP contribution in [0.4, 0.5) is 5.95 Å². The molecule has 2 aromatic rings. The lowest BCUT2D eigenvalue weighted by atomic mass is 10.1. The van der Waals surface area contributed by atoms with Crippen molar-refractivity contribution in [2.24, 2.45) is 0 Å². The first kappa shape index (κ1) is 16.1. The molecule has 0 unspecified atom stereocenters. The van der Waals surface area contributed by atoms with E-state index in [0.717, 1.165) is 5.56 Å². The van der Waals surface area contributed by atoms with Crippen molar-refractivity contribution in [1.29, 1.82) is 0 Å². The van der Waals surface area contributed by atoms with E-state index in [0.29, 0.717) is 24.2 Å². The highest BCUT2D eigenvalue weighted by Crippen LogP contribution is 2.17. The Morgan fingerprint density at radius 1 is 1.41 bits per heavy atom. The number of nitrogens with two attached hydrogens (primary N) is 1. The van der Waals surface area contributed by atoms with Gasteiger partial charge in [-0.05, 0) is 12.5 Å². The highest BCUT2D eigenvalue weighted by atomic mass is 32.2. The molecule has 22 heavy (non-hydrogen) atoms. The first-order valence-electron chi connectivity index (χ1n) is 6.84. The van der Waals surface area contributed by atoms with Crippen LogP contribution in [0.3, 0.4) is 0 Å². The second kappa shape index (κ2) is 7.65. The minimum Gasteiger partial charge on any atom is -0.368 e. The molecule has 0 aliphatic rings. The predicted molar refractivity (Wildman–Crippen MR) is 88.4 cm³/mol. The molecule has 0 saturated carbocycles. The Morgan fingerprint density at radius 2 is 2.14 bits per heavy atom. The number of nitrogens with zero attached hydrogens (tertiary/aromatic N) is 3. The third-order valence-corrected chi connectivity index (χ3v) is 3.97. The lowest BCUT2D eigenvalue weighted by Crippen LogP contribution is -2.24. The Labute approximate surface area is 133 Å². The number of nitrogens with one attached hydrogen (secondary N) is 1. The minimum absolute atomic E-state index is 0.0581. The molecule has 0 spiro atoms. The van der Waals surface area contributed by atoms with Crippen LogP contribution >= 0.6 is 11.8 Å². The maximum absolute atomic E-state index is 11.9. The predicted octanol–water partition coefficient (Wildman–Crippen LogP) is 1.76. The van der Waals surface area contributed by atoms with Crippen LogP contribution in [-0.4, -0.2) is 26.4 Å². The van der Waals surface area contributed by atoms with Crippen molar-refractivity contribution in [2.45, 2.75) is 25.2 Å². The zero-order chi connectivity index (χ0) is 15.9. The third-order valence-electron chi connectivity index (χ3n) is 3.00. The standard InChI is InChI=1S/C15H19N5OS/c1-3-8-20-14(16)18-19-15(20)22-10-13(21)17-9-12-6-4-11(2)5-7-12/h3-7H,1,8-10H2,2H3,(H2,16,18)(H,17,21). The van der Waals surface area contributed by atoms with E-state index >= 15 is 0 Å². The second-order valence-electron chi connectivity index (χ2n) is 4.79. The molecule has 0 aliphatic carbocycles. The lowest BCUT2D eigenvalue weighted by molar-refractivity contribution is -0.118. The molecule has 0 fully saturated rings. The molecule has 3 N–H and O–H groups in total. The molecule has 116 valence electrons. The number of benzene rings is 1. The van der Waals surface area contributed by atoms with Crippen LogP contribution in [0, 0.1) is 6.92 Å². The molecule has 1 heterocycles. The maximum atomic E-state index is 11.9. The normalized spacial score (nSPS) is 10.4. The number of rotatable bonds is 7. The van der Waals surface area contributed by atoms with Gasteiger partial charge in [0.1, 0.15) is 0 Å². The molecule has 6 nitrogen and oxygen atoms in total. The summed E-state index contributed by atoms with van der Waals surface area (Å²) in [4.78, 5) is 11.9. The summed E-state index contributed by atoms with van der Waals surface area (Å²) in [6.45, 7) is 6.73. The molecule has 0 saturated heterocycles. The monoisotopic (exact) mass is 317 g/mol. The van der Waals surface area contributed by atoms with Crippen LogP contribution in [0.2, 0.25) is 0 Å². The number of amides is 1. The first-order chi connectivity index (χ1) is 10.6. The second-order valence-corrected chi connectivity index (χ2v) is 5.73. The number of thioether (sulfide) groups is 1. The molecule has 1 amide bonds. The number of hydrogen-bond acceptors (Lipinski definition) is 5. The fourth-order valence-electron chi connectivity index (χ4n) is 1.80. The average Bonchev–Trinajstić information content (AvgIpc) is 2.86. The van der Waals surface area contributed by atoms with Gasteiger partial charge in [0, 0.05) is 13.1 Å². The number of carbonyl (C=O) groups is 1. The third kappa shape index (κ3) is 4.36. The Kier molecular flexibility index (Phi) is 5.60. The van der Waals surface area contributed by atoms with E-state index in [1.807, 2.05) is 31.2 Å². The zero-order valence-electron chi connectivity index (χ0n) is 12.5. The fraction of sp³-hybridized carbons (Fsp3) is 0.267. The summed E-state index contributed by atoms with van der Waals surface area (Å²) >= 11 is 1.30. The van der Waals surface area contributed by atoms with Crippen molar-refractivity contribution < 1.29 is 4.79 Å². The van der Waals surface area contributed by atoms with Gasteiger partial charge in [0.25, 0.3) is 0 Å². The van der Waals surface area contributed by atoms with Crippen molar-refractivity contribution in [3.8, 4) is 0 Å². The van der Waals surface area contributed by atoms with E-state index in [1.54, 1.807) is 10.6 Å². The van der Waals surface area contributed by atoms with Crippen LogP contribution in [0.1, 0.15) is 11.1 Å². The van der Waals surface area contributed by atoms with Crippen molar-refractivity contribution in [3.63, 3.8) is 0 Å². The molecule has 0 radical (unpaired) electrons. The van der Waals surface area contributed by atoms with Gasteiger partial charge in [0.15, 0.2) is 5.16 Å². The van der Waals surface area contributed by atoms with Gasteiger partial charge in [-0.25, -0.2) is 0 Å². The van der Waals surface area contributed by atoms with Gasteiger partial charge in [-0.2, -0.15) is 0 Å². The Balaban J connectivity index is 1.82. The average molecular weight is 317 g/mol. The summed E-state index contributed by atoms with van der Waals surface area (Å²) in [5.41, 5.74) is 7.98. The quantitative estimate of drug-likeness (QED) is 0.600. The number of anilines is 1. The van der Waals surface area contributed by atoms with Gasteiger partial charge in [-0.3, -0.25) is 9.36 Å². The molecule has 1 aromatic carbocycles. The topological polar surface area (TPSA) is 85.8 Å². The lowest BCUT2D eigenvalue weighted by Gasteiger charge is -2.06. The van der Waals surface area contributed by atoms with Gasteiger partial charge < -0.3 is 11.1 Å². The van der Waals surface area contributed by atoms with Crippen LogP contribution in [-0.2, 0) is 17.9 Å². The van der Waals surface area contributed by atoms with Crippen LogP contribution in [0.15, 0.2) is 42.1 Å². The van der Waals surface area contributed by atoms with Crippen molar-refractivity contribution in [3.05, 3.63) is 48.0 Å². The first-order valence-corrected chi connectivity index (χ1v) is 7.83. The number of aromatic nitrogens is 3. The van der Waals surface area contributed by atoms with E-state index in [4.69, 9.17) is 5.73 Å². The molecule has 1 aromatic heterocycles. The number of carbonyl (C=O) groups excluding carboxylic acids is 1. The van der Waals surface area contributed by atoms with E-state index in [9.17, 15) is 4.79 Å². The summed E-state index contributed by atoms with van der Waals surface area (Å²) in [5, 5.41) is 11.3. The smallest absolute Gasteiger partial charge is 0.230 e. The van der Waals surface area contributed by atoms with Gasteiger partial charge in [0.05, 0.1) is 5.75 Å². The van der Waals surface area contributed by atoms with Gasteiger partial charge >= 0.3 is 0 Å². The minimum atomic E-state index is -0.0581. The van der Waals surface area contributed by atoms with Gasteiger partial charge in [-0.15, -0.1) is 16.8 Å². The van der Waals surface area contributed by atoms with Crippen molar-refractivity contribution >= 4 is 23.6 Å². The Hall–Kier alpha value is -2.28. The largest absolute Gasteiger partial charge is 0.368 e. The number of aryl methyl sites for hydroxylation is 1.